The van der Waals surface area contributed by atoms with Gasteiger partial charge in [-0.1, -0.05) is 19.9 Å². The summed E-state index contributed by atoms with van der Waals surface area (Å²) < 4.78 is 32.7. The Balaban J connectivity index is 2.22. The number of anilines is 1. The molecular weight excluding hydrogens is 314 g/mol. The average Bonchev–Trinajstić information content (AvgIpc) is 2.92. The van der Waals surface area contributed by atoms with E-state index in [9.17, 15) is 8.78 Å². The van der Waals surface area contributed by atoms with E-state index in [1.807, 2.05) is 19.9 Å². The normalized spacial score (nSPS) is 12.5. The van der Waals surface area contributed by atoms with Gasteiger partial charge in [-0.05, 0) is 20.2 Å². The molecule has 0 saturated carbocycles. The zero-order valence-corrected chi connectivity index (χ0v) is 14.1. The third-order valence-corrected chi connectivity index (χ3v) is 3.64. The van der Waals surface area contributed by atoms with Crippen LogP contribution in [0.4, 0.5) is 14.7 Å². The number of likely N-dealkylation sites (N-methyl/N-ethyl adjacent to an activating group) is 1. The Hall–Kier alpha value is -2.46. The SMILES string of the molecule is CC(C)c1nc(C#N)c(NC[C@H](c2ccc(F)cc2F)N(C)C)o1. The van der Waals surface area contributed by atoms with Crippen LogP contribution in [0.5, 0.6) is 0 Å². The molecule has 2 aromatic rings. The number of oxazole rings is 1. The first kappa shape index (κ1) is 17.9. The number of hydrogen-bond acceptors (Lipinski definition) is 5. The third-order valence-electron chi connectivity index (χ3n) is 3.64. The van der Waals surface area contributed by atoms with Crippen LogP contribution in [0.25, 0.3) is 0 Å². The summed E-state index contributed by atoms with van der Waals surface area (Å²) in [5.41, 5.74) is 0.520. The average molecular weight is 334 g/mol. The molecular formula is C17H20F2N4O. The van der Waals surface area contributed by atoms with Crippen LogP contribution in [0.15, 0.2) is 22.6 Å². The lowest BCUT2D eigenvalue weighted by atomic mass is 10.1. The summed E-state index contributed by atoms with van der Waals surface area (Å²) in [5, 5.41) is 12.2. The van der Waals surface area contributed by atoms with E-state index >= 15 is 0 Å². The highest BCUT2D eigenvalue weighted by molar-refractivity contribution is 5.46. The summed E-state index contributed by atoms with van der Waals surface area (Å²) in [6.45, 7) is 4.09. The first-order valence-corrected chi connectivity index (χ1v) is 7.59. The van der Waals surface area contributed by atoms with Crippen LogP contribution in [0.1, 0.15) is 43.0 Å². The Bertz CT molecular complexity index is 750. The number of hydrogen-bond donors (Lipinski definition) is 1. The number of nitriles is 1. The topological polar surface area (TPSA) is 65.1 Å². The van der Waals surface area contributed by atoms with Crippen LogP contribution >= 0.6 is 0 Å². The second kappa shape index (κ2) is 7.41. The van der Waals surface area contributed by atoms with E-state index in [0.717, 1.165) is 6.07 Å². The molecule has 0 fully saturated rings. The van der Waals surface area contributed by atoms with Crippen molar-refractivity contribution in [3.63, 3.8) is 0 Å². The molecule has 1 N–H and O–H groups in total. The third kappa shape index (κ3) is 3.89. The Kier molecular flexibility index (Phi) is 5.52. The fraction of sp³-hybridized carbons (Fsp3) is 0.412. The van der Waals surface area contributed by atoms with Crippen molar-refractivity contribution in [2.75, 3.05) is 26.0 Å². The minimum absolute atomic E-state index is 0.0480. The summed E-state index contributed by atoms with van der Waals surface area (Å²) in [5.74, 6) is -0.465. The van der Waals surface area contributed by atoms with Gasteiger partial charge in [0, 0.05) is 24.1 Å². The zero-order valence-electron chi connectivity index (χ0n) is 14.1. The molecule has 0 aliphatic heterocycles. The molecule has 1 atom stereocenters. The summed E-state index contributed by atoms with van der Waals surface area (Å²) in [7, 11) is 3.58. The molecule has 0 amide bonds. The molecule has 24 heavy (non-hydrogen) atoms. The molecule has 0 spiro atoms. The van der Waals surface area contributed by atoms with Crippen molar-refractivity contribution >= 4 is 5.88 Å². The van der Waals surface area contributed by atoms with Crippen molar-refractivity contribution in [2.24, 2.45) is 0 Å². The van der Waals surface area contributed by atoms with Gasteiger partial charge in [-0.3, -0.25) is 0 Å². The van der Waals surface area contributed by atoms with Crippen molar-refractivity contribution in [1.29, 1.82) is 5.26 Å². The lowest BCUT2D eigenvalue weighted by molar-refractivity contribution is 0.302. The van der Waals surface area contributed by atoms with Crippen LogP contribution in [0.3, 0.4) is 0 Å². The Morgan fingerprint density at radius 1 is 1.33 bits per heavy atom. The molecule has 1 heterocycles. The van der Waals surface area contributed by atoms with Crippen molar-refractivity contribution in [3.05, 3.63) is 47.0 Å². The van der Waals surface area contributed by atoms with Gasteiger partial charge in [-0.2, -0.15) is 5.26 Å². The van der Waals surface area contributed by atoms with Crippen molar-refractivity contribution in [3.8, 4) is 6.07 Å². The summed E-state index contributed by atoms with van der Waals surface area (Å²) >= 11 is 0. The Labute approximate surface area is 139 Å². The maximum atomic E-state index is 14.1. The molecule has 1 aromatic carbocycles. The maximum Gasteiger partial charge on any atom is 0.232 e. The highest BCUT2D eigenvalue weighted by Gasteiger charge is 2.21. The van der Waals surface area contributed by atoms with Crippen LogP contribution < -0.4 is 5.32 Å². The van der Waals surface area contributed by atoms with Crippen molar-refractivity contribution < 1.29 is 13.2 Å². The molecule has 5 nitrogen and oxygen atoms in total. The van der Waals surface area contributed by atoms with Crippen LogP contribution in [-0.2, 0) is 0 Å². The van der Waals surface area contributed by atoms with Gasteiger partial charge in [0.2, 0.25) is 17.5 Å². The number of nitrogens with one attached hydrogen (secondary N) is 1. The van der Waals surface area contributed by atoms with Crippen LogP contribution in [0.2, 0.25) is 0 Å². The number of benzene rings is 1. The summed E-state index contributed by atoms with van der Waals surface area (Å²) in [4.78, 5) is 5.93. The highest BCUT2D eigenvalue weighted by Crippen LogP contribution is 2.26. The summed E-state index contributed by atoms with van der Waals surface area (Å²) in [6.07, 6.45) is 0. The van der Waals surface area contributed by atoms with Crippen molar-refractivity contribution in [2.45, 2.75) is 25.8 Å². The predicted molar refractivity (Wildman–Crippen MR) is 86.6 cm³/mol. The first-order chi connectivity index (χ1) is 11.3. The minimum atomic E-state index is -0.620. The van der Waals surface area contributed by atoms with Gasteiger partial charge >= 0.3 is 0 Å². The van der Waals surface area contributed by atoms with E-state index in [4.69, 9.17) is 9.68 Å². The number of halogens is 2. The quantitative estimate of drug-likeness (QED) is 0.873. The molecule has 0 bridgehead atoms. The van der Waals surface area contributed by atoms with Gasteiger partial charge in [0.25, 0.3) is 0 Å². The van der Waals surface area contributed by atoms with Gasteiger partial charge in [-0.25, -0.2) is 13.8 Å². The molecule has 0 saturated heterocycles. The monoisotopic (exact) mass is 334 g/mol. The van der Waals surface area contributed by atoms with Crippen molar-refractivity contribution in [1.82, 2.24) is 9.88 Å². The zero-order chi connectivity index (χ0) is 17.9. The lowest BCUT2D eigenvalue weighted by Crippen LogP contribution is -2.27. The van der Waals surface area contributed by atoms with Gasteiger partial charge in [0.05, 0.1) is 6.04 Å². The fourth-order valence-electron chi connectivity index (χ4n) is 2.31. The van der Waals surface area contributed by atoms with Gasteiger partial charge in [0.1, 0.15) is 17.7 Å². The molecule has 0 unspecified atom stereocenters. The van der Waals surface area contributed by atoms with Crippen LogP contribution in [0, 0.1) is 23.0 Å². The fourth-order valence-corrected chi connectivity index (χ4v) is 2.31. The number of nitrogens with zero attached hydrogens (tertiary/aromatic N) is 3. The Morgan fingerprint density at radius 3 is 2.58 bits per heavy atom. The summed E-state index contributed by atoms with van der Waals surface area (Å²) in [6, 6.07) is 5.11. The highest BCUT2D eigenvalue weighted by atomic mass is 19.1. The van der Waals surface area contributed by atoms with Crippen LogP contribution in [-0.4, -0.2) is 30.5 Å². The predicted octanol–water partition coefficient (Wildman–Crippen LogP) is 3.66. The largest absolute Gasteiger partial charge is 0.424 e. The molecule has 0 aliphatic carbocycles. The van der Waals surface area contributed by atoms with E-state index in [-0.39, 0.29) is 30.1 Å². The lowest BCUT2D eigenvalue weighted by Gasteiger charge is -2.25. The Morgan fingerprint density at radius 2 is 2.04 bits per heavy atom. The molecule has 7 heteroatoms. The van der Waals surface area contributed by atoms with E-state index in [1.165, 1.54) is 12.1 Å². The first-order valence-electron chi connectivity index (χ1n) is 7.59. The maximum absolute atomic E-state index is 14.1. The molecule has 2 rings (SSSR count). The number of aromatic nitrogens is 1. The molecule has 0 radical (unpaired) electrons. The second-order valence-corrected chi connectivity index (χ2v) is 6.02. The molecule has 1 aromatic heterocycles. The van der Waals surface area contributed by atoms with E-state index in [2.05, 4.69) is 10.3 Å². The van der Waals surface area contributed by atoms with Gasteiger partial charge in [0.15, 0.2) is 0 Å². The molecule has 0 aliphatic rings. The smallest absolute Gasteiger partial charge is 0.232 e. The second-order valence-electron chi connectivity index (χ2n) is 6.02. The van der Waals surface area contributed by atoms with Gasteiger partial charge < -0.3 is 14.6 Å². The number of rotatable bonds is 6. The molecule has 128 valence electrons. The minimum Gasteiger partial charge on any atom is -0.424 e. The van der Waals surface area contributed by atoms with E-state index in [1.54, 1.807) is 19.0 Å². The van der Waals surface area contributed by atoms with E-state index in [0.29, 0.717) is 11.5 Å². The van der Waals surface area contributed by atoms with Gasteiger partial charge in [-0.15, -0.1) is 0 Å². The van der Waals surface area contributed by atoms with E-state index < -0.39 is 11.6 Å². The standard InChI is InChI=1S/C17H20F2N4O/c1-10(2)16-22-14(8-20)17(24-16)21-9-15(23(3)4)12-6-5-11(18)7-13(12)19/h5-7,10,15,21H,9H2,1-4H3/t15-/m1/s1.